The van der Waals surface area contributed by atoms with Crippen LogP contribution in [0.25, 0.3) is 0 Å². The van der Waals surface area contributed by atoms with E-state index in [4.69, 9.17) is 4.74 Å². The van der Waals surface area contributed by atoms with E-state index < -0.39 is 10.0 Å². The Kier molecular flexibility index (Phi) is 6.97. The minimum Gasteiger partial charge on any atom is -0.497 e. The molecule has 31 heavy (non-hydrogen) atoms. The predicted octanol–water partition coefficient (Wildman–Crippen LogP) is 4.55. The number of rotatable bonds is 8. The summed E-state index contributed by atoms with van der Waals surface area (Å²) in [5, 5.41) is 2.88. The van der Waals surface area contributed by atoms with Crippen molar-refractivity contribution in [2.24, 2.45) is 0 Å². The quantitative estimate of drug-likeness (QED) is 0.540. The molecule has 0 saturated carbocycles. The molecule has 0 fully saturated rings. The zero-order chi connectivity index (χ0) is 22.4. The Balaban J connectivity index is 1.60. The van der Waals surface area contributed by atoms with Gasteiger partial charge in [-0.25, -0.2) is 8.42 Å². The Morgan fingerprint density at radius 1 is 0.903 bits per heavy atom. The van der Waals surface area contributed by atoms with Gasteiger partial charge in [0.25, 0.3) is 15.9 Å². The van der Waals surface area contributed by atoms with Gasteiger partial charge < -0.3 is 10.1 Å². The fourth-order valence-corrected chi connectivity index (χ4v) is 4.02. The first-order chi connectivity index (χ1) is 14.8. The Labute approximate surface area is 183 Å². The molecule has 0 heterocycles. The zero-order valence-corrected chi connectivity index (χ0v) is 18.6. The van der Waals surface area contributed by atoms with E-state index >= 15 is 0 Å². The van der Waals surface area contributed by atoms with Gasteiger partial charge in [-0.1, -0.05) is 38.1 Å². The van der Waals surface area contributed by atoms with Crippen LogP contribution in [0.4, 0.5) is 5.69 Å². The summed E-state index contributed by atoms with van der Waals surface area (Å²) >= 11 is 0. The molecule has 6 nitrogen and oxygen atoms in total. The molecule has 0 spiro atoms. The minimum atomic E-state index is -3.73. The van der Waals surface area contributed by atoms with Crippen LogP contribution in [0.2, 0.25) is 0 Å². The number of benzene rings is 3. The molecule has 2 N–H and O–H groups in total. The topological polar surface area (TPSA) is 84.5 Å². The van der Waals surface area contributed by atoms with Crippen LogP contribution in [0, 0.1) is 0 Å². The average Bonchev–Trinajstić information content (AvgIpc) is 2.78. The maximum Gasteiger partial charge on any atom is 0.261 e. The van der Waals surface area contributed by atoms with Gasteiger partial charge in [-0.05, 0) is 65.6 Å². The van der Waals surface area contributed by atoms with E-state index in [1.54, 1.807) is 36.4 Å². The van der Waals surface area contributed by atoms with Crippen molar-refractivity contribution < 1.29 is 17.9 Å². The number of nitrogens with one attached hydrogen (secondary N) is 2. The highest BCUT2D eigenvalue weighted by Gasteiger charge is 2.14. The Hall–Kier alpha value is -3.32. The van der Waals surface area contributed by atoms with Crippen LogP contribution in [0.5, 0.6) is 5.75 Å². The van der Waals surface area contributed by atoms with E-state index in [-0.39, 0.29) is 10.8 Å². The Morgan fingerprint density at radius 3 is 2.06 bits per heavy atom. The standard InChI is InChI=1S/C24H26N2O4S/c1-17(2)19-6-4-18(5-7-19)16-25-24(27)20-8-10-21(11-9-20)26-31(28,29)23-14-12-22(30-3)13-15-23/h4-15,17,26H,16H2,1-3H3,(H,25,27). The van der Waals surface area contributed by atoms with Crippen molar-refractivity contribution in [1.82, 2.24) is 5.32 Å². The molecule has 0 radical (unpaired) electrons. The summed E-state index contributed by atoms with van der Waals surface area (Å²) in [7, 11) is -2.22. The summed E-state index contributed by atoms with van der Waals surface area (Å²) in [5.74, 6) is 0.812. The fourth-order valence-electron chi connectivity index (χ4n) is 2.96. The lowest BCUT2D eigenvalue weighted by Crippen LogP contribution is -2.22. The van der Waals surface area contributed by atoms with E-state index in [1.807, 2.05) is 12.1 Å². The molecule has 0 aliphatic rings. The lowest BCUT2D eigenvalue weighted by Gasteiger charge is -2.10. The molecule has 0 atom stereocenters. The van der Waals surface area contributed by atoms with E-state index in [1.165, 1.54) is 24.8 Å². The van der Waals surface area contributed by atoms with Gasteiger partial charge in [0, 0.05) is 17.8 Å². The molecule has 0 unspecified atom stereocenters. The summed E-state index contributed by atoms with van der Waals surface area (Å²) in [6.45, 7) is 4.69. The number of hydrogen-bond acceptors (Lipinski definition) is 4. The van der Waals surface area contributed by atoms with E-state index in [0.717, 1.165) is 5.56 Å². The zero-order valence-electron chi connectivity index (χ0n) is 17.8. The molecule has 3 aromatic rings. The molecule has 1 amide bonds. The van der Waals surface area contributed by atoms with Crippen LogP contribution in [0.3, 0.4) is 0 Å². The first kappa shape index (κ1) is 22.4. The van der Waals surface area contributed by atoms with E-state index in [2.05, 4.69) is 36.0 Å². The van der Waals surface area contributed by atoms with Gasteiger partial charge in [0.1, 0.15) is 5.75 Å². The van der Waals surface area contributed by atoms with Crippen molar-refractivity contribution in [2.75, 3.05) is 11.8 Å². The minimum absolute atomic E-state index is 0.124. The van der Waals surface area contributed by atoms with Gasteiger partial charge >= 0.3 is 0 Å². The molecule has 7 heteroatoms. The molecule has 0 saturated heterocycles. The molecular weight excluding hydrogens is 412 g/mol. The molecule has 162 valence electrons. The predicted molar refractivity (Wildman–Crippen MR) is 122 cm³/mol. The number of hydrogen-bond donors (Lipinski definition) is 2. The number of methoxy groups -OCH3 is 1. The summed E-state index contributed by atoms with van der Waals surface area (Å²) in [4.78, 5) is 12.5. The van der Waals surface area contributed by atoms with Crippen LogP contribution in [-0.4, -0.2) is 21.4 Å². The number of sulfonamides is 1. The van der Waals surface area contributed by atoms with Gasteiger partial charge in [0.05, 0.1) is 12.0 Å². The lowest BCUT2D eigenvalue weighted by molar-refractivity contribution is 0.0951. The Bertz CT molecular complexity index is 1120. The average molecular weight is 439 g/mol. The number of ether oxygens (including phenoxy) is 1. The van der Waals surface area contributed by atoms with Crippen molar-refractivity contribution in [3.63, 3.8) is 0 Å². The molecule has 3 rings (SSSR count). The number of carbonyl (C=O) groups is 1. The first-order valence-electron chi connectivity index (χ1n) is 9.92. The summed E-state index contributed by atoms with van der Waals surface area (Å²) in [6.07, 6.45) is 0. The van der Waals surface area contributed by atoms with E-state index in [0.29, 0.717) is 29.5 Å². The monoisotopic (exact) mass is 438 g/mol. The SMILES string of the molecule is COc1ccc(S(=O)(=O)Nc2ccc(C(=O)NCc3ccc(C(C)C)cc3)cc2)cc1. The molecule has 3 aromatic carbocycles. The lowest BCUT2D eigenvalue weighted by atomic mass is 10.0. The van der Waals surface area contributed by atoms with Gasteiger partial charge in [-0.3, -0.25) is 9.52 Å². The second-order valence-corrected chi connectivity index (χ2v) is 9.12. The van der Waals surface area contributed by atoms with Crippen molar-refractivity contribution in [3.05, 3.63) is 89.5 Å². The molecular formula is C24H26N2O4S. The largest absolute Gasteiger partial charge is 0.497 e. The van der Waals surface area contributed by atoms with Gasteiger partial charge in [0.15, 0.2) is 0 Å². The van der Waals surface area contributed by atoms with Gasteiger partial charge in [-0.15, -0.1) is 0 Å². The third-order valence-electron chi connectivity index (χ3n) is 4.87. The van der Waals surface area contributed by atoms with Crippen molar-refractivity contribution in [3.8, 4) is 5.75 Å². The molecule has 0 aliphatic heterocycles. The number of carbonyl (C=O) groups excluding carboxylic acids is 1. The second kappa shape index (κ2) is 9.66. The molecule has 0 aromatic heterocycles. The van der Waals surface area contributed by atoms with Crippen molar-refractivity contribution >= 4 is 21.6 Å². The highest BCUT2D eigenvalue weighted by atomic mass is 32.2. The third kappa shape index (κ3) is 5.86. The van der Waals surface area contributed by atoms with Gasteiger partial charge in [0.2, 0.25) is 0 Å². The van der Waals surface area contributed by atoms with Crippen LogP contribution >= 0.6 is 0 Å². The maximum absolute atomic E-state index is 12.5. The van der Waals surface area contributed by atoms with Crippen LogP contribution in [-0.2, 0) is 16.6 Å². The van der Waals surface area contributed by atoms with Crippen LogP contribution in [0.15, 0.2) is 77.7 Å². The van der Waals surface area contributed by atoms with Crippen molar-refractivity contribution in [1.29, 1.82) is 0 Å². The second-order valence-electron chi connectivity index (χ2n) is 7.44. The van der Waals surface area contributed by atoms with Crippen LogP contribution < -0.4 is 14.8 Å². The number of anilines is 1. The summed E-state index contributed by atoms with van der Waals surface area (Å²) in [5.41, 5.74) is 3.09. The highest BCUT2D eigenvalue weighted by molar-refractivity contribution is 7.92. The first-order valence-corrected chi connectivity index (χ1v) is 11.4. The van der Waals surface area contributed by atoms with E-state index in [9.17, 15) is 13.2 Å². The molecule has 0 aliphatic carbocycles. The van der Waals surface area contributed by atoms with Crippen molar-refractivity contribution in [2.45, 2.75) is 31.2 Å². The van der Waals surface area contributed by atoms with Gasteiger partial charge in [-0.2, -0.15) is 0 Å². The summed E-state index contributed by atoms with van der Waals surface area (Å²) < 4.78 is 32.6. The fraction of sp³-hybridized carbons (Fsp3) is 0.208. The van der Waals surface area contributed by atoms with Crippen LogP contribution in [0.1, 0.15) is 41.3 Å². The number of amides is 1. The highest BCUT2D eigenvalue weighted by Crippen LogP contribution is 2.20. The normalized spacial score (nSPS) is 11.2. The third-order valence-corrected chi connectivity index (χ3v) is 6.27. The maximum atomic E-state index is 12.5. The smallest absolute Gasteiger partial charge is 0.261 e. The summed E-state index contributed by atoms with van der Waals surface area (Å²) in [6, 6.07) is 20.5. The molecule has 0 bridgehead atoms. The Morgan fingerprint density at radius 2 is 1.52 bits per heavy atom.